The molecule has 1 aliphatic rings. The Kier molecular flexibility index (Phi) is 3.53. The van der Waals surface area contributed by atoms with Crippen LogP contribution in [0, 0.1) is 0 Å². The molecule has 12 heavy (non-hydrogen) atoms. The van der Waals surface area contributed by atoms with Gasteiger partial charge in [0.25, 0.3) is 0 Å². The predicted octanol–water partition coefficient (Wildman–Crippen LogP) is 1.52. The lowest BCUT2D eigenvalue weighted by Gasteiger charge is -2.40. The van der Waals surface area contributed by atoms with Crippen LogP contribution in [0.3, 0.4) is 0 Å². The molecule has 2 heteroatoms. The fourth-order valence-corrected chi connectivity index (χ4v) is 3.26. The second-order valence-electron chi connectivity index (χ2n) is 4.35. The molecule has 1 nitrogen and oxygen atoms in total. The van der Waals surface area contributed by atoms with E-state index in [2.05, 4.69) is 31.0 Å². The molecule has 0 N–H and O–H groups in total. The molecule has 0 atom stereocenters. The molecular formula is C10H21NSi. The van der Waals surface area contributed by atoms with E-state index in [4.69, 9.17) is 0 Å². The standard InChI is InChI=1S/C10H21NSi/c1-4-12-10(2,3)11-8-6-5-7-9-11/h4H,1,5-9,12H2,2-3H3. The summed E-state index contributed by atoms with van der Waals surface area (Å²) in [5.41, 5.74) is 2.18. The van der Waals surface area contributed by atoms with E-state index in [0.29, 0.717) is 5.16 Å². The van der Waals surface area contributed by atoms with Crippen LogP contribution in [0.25, 0.3) is 0 Å². The van der Waals surface area contributed by atoms with Crippen molar-refractivity contribution in [3.8, 4) is 0 Å². The molecule has 0 aliphatic carbocycles. The van der Waals surface area contributed by atoms with E-state index in [9.17, 15) is 0 Å². The molecule has 0 amide bonds. The molecule has 0 radical (unpaired) electrons. The van der Waals surface area contributed by atoms with Crippen molar-refractivity contribution in [2.45, 2.75) is 38.3 Å². The second-order valence-corrected chi connectivity index (χ2v) is 7.07. The van der Waals surface area contributed by atoms with Crippen LogP contribution < -0.4 is 0 Å². The summed E-state index contributed by atoms with van der Waals surface area (Å²) in [7, 11) is -0.105. The Hall–Kier alpha value is -0.0831. The van der Waals surface area contributed by atoms with E-state index < -0.39 is 0 Å². The first-order chi connectivity index (χ1) is 5.67. The summed E-state index contributed by atoms with van der Waals surface area (Å²) >= 11 is 0. The topological polar surface area (TPSA) is 3.24 Å². The van der Waals surface area contributed by atoms with Gasteiger partial charge >= 0.3 is 0 Å². The quantitative estimate of drug-likeness (QED) is 0.600. The zero-order valence-electron chi connectivity index (χ0n) is 8.47. The van der Waals surface area contributed by atoms with Crippen LogP contribution in [0.15, 0.2) is 12.3 Å². The molecule has 0 aromatic rings. The maximum atomic E-state index is 3.88. The number of hydrogen-bond donors (Lipinski definition) is 0. The van der Waals surface area contributed by atoms with Crippen molar-refractivity contribution in [3.63, 3.8) is 0 Å². The number of rotatable bonds is 3. The van der Waals surface area contributed by atoms with Crippen LogP contribution in [-0.4, -0.2) is 32.7 Å². The maximum Gasteiger partial charge on any atom is 0.0674 e. The average molecular weight is 183 g/mol. The fourth-order valence-electron chi connectivity index (χ4n) is 1.98. The van der Waals surface area contributed by atoms with Gasteiger partial charge in [0.1, 0.15) is 0 Å². The second kappa shape index (κ2) is 4.24. The van der Waals surface area contributed by atoms with Crippen LogP contribution >= 0.6 is 0 Å². The molecule has 0 aromatic carbocycles. The highest BCUT2D eigenvalue weighted by Crippen LogP contribution is 2.19. The van der Waals surface area contributed by atoms with Gasteiger partial charge in [-0.3, -0.25) is 0 Å². The molecular weight excluding hydrogens is 162 g/mol. The third-order valence-corrected chi connectivity index (χ3v) is 4.59. The van der Waals surface area contributed by atoms with Crippen molar-refractivity contribution in [3.05, 3.63) is 12.3 Å². The van der Waals surface area contributed by atoms with Crippen LogP contribution in [0.4, 0.5) is 0 Å². The van der Waals surface area contributed by atoms with Gasteiger partial charge in [-0.25, -0.2) is 0 Å². The number of likely N-dealkylation sites (tertiary alicyclic amines) is 1. The van der Waals surface area contributed by atoms with Crippen molar-refractivity contribution in [1.82, 2.24) is 4.90 Å². The van der Waals surface area contributed by atoms with Gasteiger partial charge in [-0.2, -0.15) is 0 Å². The molecule has 1 rings (SSSR count). The molecule has 0 spiro atoms. The van der Waals surface area contributed by atoms with Crippen LogP contribution in [-0.2, 0) is 0 Å². The molecule has 0 bridgehead atoms. The minimum Gasteiger partial charge on any atom is -0.301 e. The number of nitrogens with zero attached hydrogens (tertiary/aromatic N) is 1. The highest BCUT2D eigenvalue weighted by Gasteiger charge is 2.26. The minimum atomic E-state index is -0.105. The Morgan fingerprint density at radius 1 is 1.25 bits per heavy atom. The van der Waals surface area contributed by atoms with Crippen molar-refractivity contribution < 1.29 is 0 Å². The van der Waals surface area contributed by atoms with Crippen LogP contribution in [0.1, 0.15) is 33.1 Å². The lowest BCUT2D eigenvalue weighted by Crippen LogP contribution is -2.50. The van der Waals surface area contributed by atoms with Crippen molar-refractivity contribution in [1.29, 1.82) is 0 Å². The average Bonchev–Trinajstić information content (AvgIpc) is 2.06. The van der Waals surface area contributed by atoms with E-state index in [1.54, 1.807) is 0 Å². The van der Waals surface area contributed by atoms with Crippen molar-refractivity contribution in [2.24, 2.45) is 0 Å². The van der Waals surface area contributed by atoms with Gasteiger partial charge in [-0.15, -0.1) is 12.3 Å². The largest absolute Gasteiger partial charge is 0.301 e. The monoisotopic (exact) mass is 183 g/mol. The molecule has 1 aliphatic heterocycles. The SMILES string of the molecule is C=C[SiH2]C(C)(C)N1CCCCC1. The zero-order valence-corrected chi connectivity index (χ0v) is 9.89. The highest BCUT2D eigenvalue weighted by atomic mass is 28.2. The fraction of sp³-hybridized carbons (Fsp3) is 0.800. The van der Waals surface area contributed by atoms with E-state index >= 15 is 0 Å². The van der Waals surface area contributed by atoms with Gasteiger partial charge in [-0.05, 0) is 39.8 Å². The lowest BCUT2D eigenvalue weighted by atomic mass is 10.1. The normalized spacial score (nSPS) is 21.8. The predicted molar refractivity (Wildman–Crippen MR) is 58.2 cm³/mol. The Balaban J connectivity index is 2.47. The Morgan fingerprint density at radius 2 is 1.83 bits per heavy atom. The zero-order chi connectivity index (χ0) is 9.03. The summed E-state index contributed by atoms with van der Waals surface area (Å²) in [6.07, 6.45) is 4.23. The van der Waals surface area contributed by atoms with Crippen LogP contribution in [0.2, 0.25) is 0 Å². The molecule has 0 unspecified atom stereocenters. The van der Waals surface area contributed by atoms with Gasteiger partial charge in [0.2, 0.25) is 0 Å². The maximum absolute atomic E-state index is 3.88. The first-order valence-electron chi connectivity index (χ1n) is 5.03. The molecule has 1 fully saturated rings. The third kappa shape index (κ3) is 2.46. The Morgan fingerprint density at radius 3 is 2.33 bits per heavy atom. The van der Waals surface area contributed by atoms with Gasteiger partial charge < -0.3 is 4.90 Å². The summed E-state index contributed by atoms with van der Waals surface area (Å²) < 4.78 is 0. The van der Waals surface area contributed by atoms with Gasteiger partial charge in [0.05, 0.1) is 9.52 Å². The van der Waals surface area contributed by atoms with Gasteiger partial charge in [0, 0.05) is 5.16 Å². The summed E-state index contributed by atoms with van der Waals surface area (Å²) in [6, 6.07) is 0. The van der Waals surface area contributed by atoms with Gasteiger partial charge in [0.15, 0.2) is 0 Å². The summed E-state index contributed by atoms with van der Waals surface area (Å²) in [4.78, 5) is 2.66. The molecule has 70 valence electrons. The Bertz CT molecular complexity index is 148. The first-order valence-corrected chi connectivity index (χ1v) is 6.55. The van der Waals surface area contributed by atoms with Gasteiger partial charge in [-0.1, -0.05) is 6.42 Å². The highest BCUT2D eigenvalue weighted by molar-refractivity contribution is 6.45. The number of piperidine rings is 1. The summed E-state index contributed by atoms with van der Waals surface area (Å²) in [6.45, 7) is 11.3. The number of hydrogen-bond acceptors (Lipinski definition) is 1. The third-order valence-electron chi connectivity index (χ3n) is 2.86. The molecule has 1 saturated heterocycles. The first kappa shape index (κ1) is 10.0. The van der Waals surface area contributed by atoms with E-state index in [1.807, 2.05) is 0 Å². The molecule has 1 heterocycles. The molecule has 0 saturated carbocycles. The van der Waals surface area contributed by atoms with Crippen molar-refractivity contribution >= 4 is 9.52 Å². The lowest BCUT2D eigenvalue weighted by molar-refractivity contribution is 0.155. The smallest absolute Gasteiger partial charge is 0.0674 e. The summed E-state index contributed by atoms with van der Waals surface area (Å²) in [5.74, 6) is 0. The van der Waals surface area contributed by atoms with E-state index in [-0.39, 0.29) is 9.52 Å². The molecule has 0 aromatic heterocycles. The van der Waals surface area contributed by atoms with Crippen molar-refractivity contribution in [2.75, 3.05) is 13.1 Å². The summed E-state index contributed by atoms with van der Waals surface area (Å²) in [5, 5.41) is 0.474. The van der Waals surface area contributed by atoms with Crippen LogP contribution in [0.5, 0.6) is 0 Å². The minimum absolute atomic E-state index is 0.105. The Labute approximate surface area is 78.7 Å². The van der Waals surface area contributed by atoms with E-state index in [1.165, 1.54) is 32.4 Å². The van der Waals surface area contributed by atoms with E-state index in [0.717, 1.165) is 0 Å².